The molecular formula is C79H107N21O17S2. The largest absolute Gasteiger partial charge is 0.508 e. The van der Waals surface area contributed by atoms with E-state index in [4.69, 9.17) is 39.5 Å². The van der Waals surface area contributed by atoms with Crippen LogP contribution in [0.4, 0.5) is 0 Å². The Morgan fingerprint density at radius 1 is 0.471 bits per heavy atom. The number of hydrogen-bond acceptors (Lipinski definition) is 22. The van der Waals surface area contributed by atoms with Crippen LogP contribution in [-0.4, -0.2) is 220 Å². The van der Waals surface area contributed by atoms with Crippen molar-refractivity contribution in [1.82, 2.24) is 74.4 Å². The molecule has 13 amide bonds. The zero-order valence-electron chi connectivity index (χ0n) is 65.8. The van der Waals surface area contributed by atoms with Crippen molar-refractivity contribution in [2.75, 3.05) is 31.1 Å². The van der Waals surface area contributed by atoms with Crippen molar-refractivity contribution in [3.05, 3.63) is 167 Å². The Morgan fingerprint density at radius 3 is 1.41 bits per heavy atom. The number of carboxylic acids is 1. The van der Waals surface area contributed by atoms with E-state index in [-0.39, 0.29) is 101 Å². The molecule has 0 spiro atoms. The Hall–Kier alpha value is -12.6. The van der Waals surface area contributed by atoms with Gasteiger partial charge in [-0.15, -0.1) is 0 Å². The minimum atomic E-state index is -1.84. The van der Waals surface area contributed by atoms with Crippen LogP contribution in [0.15, 0.2) is 140 Å². The molecule has 0 bridgehead atoms. The molecule has 0 radical (unpaired) electrons. The SMILES string of the molecule is C[C@H](NC(=O)[C@H](Cc1ccc(O)cc1)NC(=O)[C@@H]1CSSC[C@H](NC(=O)[C@@H](N)Cc2ccc(O)cc2)C(=O)N[C@@H](CCCNC(=N)N)C(=O)N[C@@H](Cc2ccccc2)C(=O)N[C@@H](Cc2ccccc2)C(=O)N[C@@H](CC(N)=O)C(=O)N[C@@H](C)C(=O)N[C@@H](Cc2ccccc2)C(=O)N1)C(=O)N[C@@H](CCCNC(=N)N)C(=O)N[C@@H](CCCCN)C(=O)O. The van der Waals surface area contributed by atoms with Crippen molar-refractivity contribution >= 4 is 116 Å². The number of nitrogens with one attached hydrogen (secondary N) is 16. The average Bonchev–Trinajstić information content (AvgIpc) is 0.844. The van der Waals surface area contributed by atoms with Gasteiger partial charge in [-0.3, -0.25) is 73.1 Å². The number of benzene rings is 5. The summed E-state index contributed by atoms with van der Waals surface area (Å²) < 4.78 is 0. The van der Waals surface area contributed by atoms with Gasteiger partial charge in [-0.05, 0) is 124 Å². The maximum absolute atomic E-state index is 15.4. The fourth-order valence-electron chi connectivity index (χ4n) is 12.1. The second kappa shape index (κ2) is 49.5. The van der Waals surface area contributed by atoms with Crippen LogP contribution in [0.25, 0.3) is 0 Å². The lowest BCUT2D eigenvalue weighted by Gasteiger charge is -2.28. The Balaban J connectivity index is 1.45. The first kappa shape index (κ1) is 95.3. The van der Waals surface area contributed by atoms with Crippen LogP contribution in [0.5, 0.6) is 11.5 Å². The third-order valence-corrected chi connectivity index (χ3v) is 21.1. The number of rotatable bonds is 35. The Morgan fingerprint density at radius 2 is 0.908 bits per heavy atom. The molecule has 642 valence electrons. The predicted molar refractivity (Wildman–Crippen MR) is 444 cm³/mol. The molecule has 1 saturated heterocycles. The number of aromatic hydroxyl groups is 2. The topological polar surface area (TPSA) is 646 Å². The number of carboxylic acid groups (broad SMARTS) is 1. The van der Waals surface area contributed by atoms with Gasteiger partial charge in [0.15, 0.2) is 11.9 Å². The van der Waals surface area contributed by atoms with Crippen LogP contribution in [0.1, 0.15) is 93.0 Å². The highest BCUT2D eigenvalue weighted by atomic mass is 33.1. The van der Waals surface area contributed by atoms with Crippen molar-refractivity contribution in [1.29, 1.82) is 10.8 Å². The minimum absolute atomic E-state index is 0.00440. The van der Waals surface area contributed by atoms with E-state index < -0.39 is 185 Å². The fourth-order valence-corrected chi connectivity index (χ4v) is 14.5. The Kier molecular flexibility index (Phi) is 39.6. The molecule has 0 unspecified atom stereocenters. The van der Waals surface area contributed by atoms with Crippen LogP contribution in [0, 0.1) is 10.8 Å². The van der Waals surface area contributed by atoms with Crippen LogP contribution in [-0.2, 0) is 99.2 Å². The first-order chi connectivity index (χ1) is 56.7. The van der Waals surface area contributed by atoms with Crippen LogP contribution < -0.4 is 103 Å². The predicted octanol–water partition coefficient (Wildman–Crippen LogP) is -3.19. The number of primary amides is 1. The number of phenols is 2. The molecule has 6 rings (SSSR count). The molecule has 0 aromatic heterocycles. The normalized spacial score (nSPS) is 19.9. The summed E-state index contributed by atoms with van der Waals surface area (Å²) in [4.78, 5) is 202. The molecule has 0 aliphatic carbocycles. The summed E-state index contributed by atoms with van der Waals surface area (Å²) in [5.41, 5.74) is 31.2. The number of nitrogens with two attached hydrogens (primary N) is 5. The number of hydrogen-bond donors (Lipinski definition) is 24. The standard InChI is InChI=1S/C79H107N21O17S2/c1-44(65(104)91-54(23-14-34-87-78(83)84)68(107)93-56(77(116)117)22-12-13-33-80)89-70(109)57(40-50-27-31-52(102)32-28-50)97-76(115)63-43-119-118-42-62(99-67(106)53(81)36-49-25-29-51(101)30-26-49)75(114)92-55(24-15-35-88-79(85)86)69(108)95-59(38-47-18-8-4-9-19-47)72(111)96-60(39-48-20-10-5-11-21-48)73(112)98-61(41-64(82)103)71(110)90-45(2)66(105)94-58(74(113)100-63)37-46-16-6-3-7-17-46/h3-11,16-21,25-32,44-45,53-63,101-102H,12-15,22-24,33-43,80-81H2,1-2H3,(H2,82,103)(H,89,109)(H,90,110)(H,91,104)(H,92,114)(H,93,107)(H,94,105)(H,95,108)(H,96,111)(H,97,115)(H,98,112)(H,99,106)(H,100,113)(H,116,117)(H4,83,84,87)(H4,85,86,88)/t44-,45-,53-,54-,55-,56-,57-,58-,59-,60-,61-,62-,63-/m0/s1. The van der Waals surface area contributed by atoms with E-state index in [2.05, 4.69) is 74.4 Å². The maximum atomic E-state index is 15.4. The van der Waals surface area contributed by atoms with Gasteiger partial charge in [0.1, 0.15) is 84.0 Å². The molecule has 29 N–H and O–H groups in total. The summed E-state index contributed by atoms with van der Waals surface area (Å²) >= 11 is 0. The van der Waals surface area contributed by atoms with E-state index in [0.29, 0.717) is 40.7 Å². The highest BCUT2D eigenvalue weighted by Gasteiger charge is 2.38. The van der Waals surface area contributed by atoms with Crippen molar-refractivity contribution in [2.45, 2.75) is 176 Å². The summed E-state index contributed by atoms with van der Waals surface area (Å²) in [7, 11) is 1.69. The lowest BCUT2D eigenvalue weighted by atomic mass is 10.0. The number of phenolic OH excluding ortho intramolecular Hbond substituents is 2. The van der Waals surface area contributed by atoms with Crippen LogP contribution in [0.2, 0.25) is 0 Å². The summed E-state index contributed by atoms with van der Waals surface area (Å²) in [6.07, 6.45) is -1.58. The van der Waals surface area contributed by atoms with Gasteiger partial charge in [0.05, 0.1) is 12.5 Å². The number of unbranched alkanes of at least 4 members (excludes halogenated alkanes) is 1. The number of amides is 13. The van der Waals surface area contributed by atoms with Gasteiger partial charge in [0.25, 0.3) is 0 Å². The molecule has 5 aromatic carbocycles. The summed E-state index contributed by atoms with van der Waals surface area (Å²) in [5, 5.41) is 82.1. The number of guanidine groups is 2. The highest BCUT2D eigenvalue weighted by molar-refractivity contribution is 8.76. The van der Waals surface area contributed by atoms with Gasteiger partial charge in [-0.2, -0.15) is 0 Å². The van der Waals surface area contributed by atoms with E-state index in [1.807, 2.05) is 0 Å². The molecular weight excluding hydrogens is 1580 g/mol. The van der Waals surface area contributed by atoms with Crippen LogP contribution >= 0.6 is 21.6 Å². The molecule has 5 aromatic rings. The number of carbonyl (C=O) groups excluding carboxylic acids is 13. The number of aliphatic carboxylic acids is 1. The maximum Gasteiger partial charge on any atom is 0.326 e. The van der Waals surface area contributed by atoms with Gasteiger partial charge in [0, 0.05) is 50.3 Å². The summed E-state index contributed by atoms with van der Waals surface area (Å²) in [6, 6.07) is 15.5. The summed E-state index contributed by atoms with van der Waals surface area (Å²) in [5.74, 6) is -16.5. The second-order valence-electron chi connectivity index (χ2n) is 28.3. The molecule has 119 heavy (non-hydrogen) atoms. The lowest BCUT2D eigenvalue weighted by molar-refractivity contribution is -0.142. The fraction of sp³-hybridized carbons (Fsp3) is 0.418. The minimum Gasteiger partial charge on any atom is -0.508 e. The Bertz CT molecular complexity index is 4280. The molecule has 1 fully saturated rings. The number of carbonyl (C=O) groups is 14. The van der Waals surface area contributed by atoms with Gasteiger partial charge < -0.3 is 118 Å². The van der Waals surface area contributed by atoms with Gasteiger partial charge in [-0.1, -0.05) is 137 Å². The van der Waals surface area contributed by atoms with Crippen molar-refractivity contribution < 1.29 is 82.4 Å². The molecule has 1 heterocycles. The smallest absolute Gasteiger partial charge is 0.326 e. The van der Waals surface area contributed by atoms with Crippen molar-refractivity contribution in [3.8, 4) is 11.5 Å². The van der Waals surface area contributed by atoms with Crippen molar-refractivity contribution in [2.24, 2.45) is 28.7 Å². The van der Waals surface area contributed by atoms with Gasteiger partial charge >= 0.3 is 5.97 Å². The zero-order chi connectivity index (χ0) is 87.1. The lowest BCUT2D eigenvalue weighted by Crippen LogP contribution is -2.61. The first-order valence-electron chi connectivity index (χ1n) is 38.4. The third-order valence-electron chi connectivity index (χ3n) is 18.6. The molecule has 13 atom stereocenters. The van der Waals surface area contributed by atoms with Crippen molar-refractivity contribution in [3.63, 3.8) is 0 Å². The molecule has 38 nitrogen and oxygen atoms in total. The van der Waals surface area contributed by atoms with E-state index in [1.54, 1.807) is 91.0 Å². The van der Waals surface area contributed by atoms with Gasteiger partial charge in [-0.25, -0.2) is 4.79 Å². The van der Waals surface area contributed by atoms with E-state index in [9.17, 15) is 58.5 Å². The molecule has 1 aliphatic heterocycles. The van der Waals surface area contributed by atoms with E-state index in [0.717, 1.165) is 21.6 Å². The van der Waals surface area contributed by atoms with Crippen LogP contribution in [0.3, 0.4) is 0 Å². The third kappa shape index (κ3) is 34.3. The molecule has 40 heteroatoms. The molecule has 0 saturated carbocycles. The highest BCUT2D eigenvalue weighted by Crippen LogP contribution is 2.25. The van der Waals surface area contributed by atoms with E-state index >= 15 is 24.0 Å². The Labute approximate surface area is 695 Å². The second-order valence-corrected chi connectivity index (χ2v) is 30.9. The monoisotopic (exact) mass is 1690 g/mol. The average molecular weight is 1690 g/mol. The van der Waals surface area contributed by atoms with Gasteiger partial charge in [0.2, 0.25) is 76.8 Å². The van der Waals surface area contributed by atoms with E-state index in [1.165, 1.54) is 62.4 Å². The quantitative estimate of drug-likeness (QED) is 0.00822. The molecule has 1 aliphatic rings. The summed E-state index contributed by atoms with van der Waals surface area (Å²) in [6.45, 7) is 2.76. The first-order valence-corrected chi connectivity index (χ1v) is 40.9. The zero-order valence-corrected chi connectivity index (χ0v) is 67.4.